The Morgan fingerprint density at radius 3 is 2.24 bits per heavy atom. The molecule has 0 radical (unpaired) electrons. The van der Waals surface area contributed by atoms with Gasteiger partial charge in [-0.2, -0.15) is 5.10 Å². The molecule has 0 fully saturated rings. The van der Waals surface area contributed by atoms with Crippen molar-refractivity contribution in [2.45, 2.75) is 6.54 Å². The maximum absolute atomic E-state index is 12.3. The third-order valence-corrected chi connectivity index (χ3v) is 2.26. The predicted octanol–water partition coefficient (Wildman–Crippen LogP) is -1.01. The Kier molecular flexibility index (Phi) is 5.46. The van der Waals surface area contributed by atoms with E-state index in [2.05, 4.69) is 5.10 Å². The number of hydrogen-bond donors (Lipinski definition) is 0. The van der Waals surface area contributed by atoms with Crippen molar-refractivity contribution in [3.63, 3.8) is 0 Å². The number of halogens is 3. The van der Waals surface area contributed by atoms with Crippen LogP contribution >= 0.6 is 0 Å². The molecule has 0 bridgehead atoms. The summed E-state index contributed by atoms with van der Waals surface area (Å²) in [6, 6.07) is 6.95. The molecule has 0 aliphatic rings. The Bertz CT molecular complexity index is 453. The smallest absolute Gasteiger partial charge is 0.445 e. The van der Waals surface area contributed by atoms with Crippen LogP contribution in [0.4, 0.5) is 12.9 Å². The van der Waals surface area contributed by atoms with E-state index < -0.39 is 12.4 Å². The molecule has 17 heavy (non-hydrogen) atoms. The van der Waals surface area contributed by atoms with E-state index in [-0.39, 0.29) is 51.4 Å². The van der Waals surface area contributed by atoms with Crippen molar-refractivity contribution < 1.29 is 64.3 Å². The van der Waals surface area contributed by atoms with Crippen molar-refractivity contribution in [2.24, 2.45) is 0 Å². The molecule has 0 spiro atoms. The van der Waals surface area contributed by atoms with Gasteiger partial charge in [0.05, 0.1) is 6.54 Å². The molecule has 0 saturated heterocycles. The van der Waals surface area contributed by atoms with E-state index in [1.54, 1.807) is 23.1 Å². The predicted molar refractivity (Wildman–Crippen MR) is 56.5 cm³/mol. The van der Waals surface area contributed by atoms with Crippen LogP contribution in [0.25, 0.3) is 0 Å². The molecule has 7 heteroatoms. The fourth-order valence-corrected chi connectivity index (χ4v) is 1.42. The Hall–Kier alpha value is -0.0787. The molecule has 0 amide bonds. The molecular weight excluding hydrogens is 255 g/mol. The normalized spacial score (nSPS) is 11.0. The summed E-state index contributed by atoms with van der Waals surface area (Å²) in [5, 5.41) is 3.98. The van der Waals surface area contributed by atoms with Crippen LogP contribution in [-0.4, -0.2) is 16.8 Å². The monoisotopic (exact) mass is 264 g/mol. The van der Waals surface area contributed by atoms with Gasteiger partial charge >= 0.3 is 58.4 Å². The Labute approximate surface area is 140 Å². The Morgan fingerprint density at radius 2 is 1.76 bits per heavy atom. The summed E-state index contributed by atoms with van der Waals surface area (Å²) >= 11 is 0. The van der Waals surface area contributed by atoms with E-state index in [4.69, 9.17) is 0 Å². The quantitative estimate of drug-likeness (QED) is 0.650. The third kappa shape index (κ3) is 4.26. The minimum Gasteiger partial charge on any atom is -0.445 e. The van der Waals surface area contributed by atoms with Gasteiger partial charge in [-0.05, 0) is 11.6 Å². The average Bonchev–Trinajstić information content (AvgIpc) is 2.70. The maximum atomic E-state index is 12.3. The van der Waals surface area contributed by atoms with Crippen LogP contribution in [-0.2, 0) is 6.54 Å². The van der Waals surface area contributed by atoms with Gasteiger partial charge in [0.2, 0.25) is 0 Å². The summed E-state index contributed by atoms with van der Waals surface area (Å²) in [6.07, 6.45) is 3.40. The first-order chi connectivity index (χ1) is 7.55. The molecule has 2 aromatic rings. The van der Waals surface area contributed by atoms with Crippen LogP contribution in [0.15, 0.2) is 42.7 Å². The number of hydrogen-bond acceptors (Lipinski definition) is 1. The van der Waals surface area contributed by atoms with Crippen LogP contribution < -0.4 is 56.8 Å². The van der Waals surface area contributed by atoms with Crippen LogP contribution in [0, 0.1) is 0 Å². The van der Waals surface area contributed by atoms with Crippen molar-refractivity contribution in [3.8, 4) is 0 Å². The molecular formula is C10H9BF3KN2. The fraction of sp³-hybridized carbons (Fsp3) is 0.100. The van der Waals surface area contributed by atoms with Gasteiger partial charge in [-0.3, -0.25) is 4.68 Å². The van der Waals surface area contributed by atoms with E-state index in [9.17, 15) is 12.9 Å². The minimum atomic E-state index is -4.90. The molecule has 0 atom stereocenters. The zero-order valence-electron chi connectivity index (χ0n) is 9.35. The van der Waals surface area contributed by atoms with Crippen molar-refractivity contribution in [3.05, 3.63) is 48.3 Å². The molecule has 1 aromatic heterocycles. The fourth-order valence-electron chi connectivity index (χ4n) is 1.42. The van der Waals surface area contributed by atoms with E-state index >= 15 is 0 Å². The van der Waals surface area contributed by atoms with E-state index in [0.29, 0.717) is 6.54 Å². The number of benzene rings is 1. The van der Waals surface area contributed by atoms with Crippen LogP contribution in [0.5, 0.6) is 0 Å². The van der Waals surface area contributed by atoms with Crippen LogP contribution in [0.3, 0.4) is 0 Å². The second-order valence-electron chi connectivity index (χ2n) is 3.52. The summed E-state index contributed by atoms with van der Waals surface area (Å²) < 4.78 is 38.7. The van der Waals surface area contributed by atoms with Gasteiger partial charge in [-0.15, -0.1) is 5.46 Å². The van der Waals surface area contributed by atoms with E-state index in [1.807, 2.05) is 0 Å². The van der Waals surface area contributed by atoms with Crippen molar-refractivity contribution in [1.29, 1.82) is 0 Å². The molecule has 0 aliphatic heterocycles. The van der Waals surface area contributed by atoms with Crippen molar-refractivity contribution in [2.75, 3.05) is 0 Å². The molecule has 2 nitrogen and oxygen atoms in total. The summed E-state index contributed by atoms with van der Waals surface area (Å²) in [4.78, 5) is 0. The minimum absolute atomic E-state index is 0. The van der Waals surface area contributed by atoms with Crippen molar-refractivity contribution >= 4 is 12.4 Å². The first-order valence-corrected chi connectivity index (χ1v) is 4.82. The van der Waals surface area contributed by atoms with E-state index in [0.717, 1.165) is 17.7 Å². The standard InChI is InChI=1S/C10H9BF3N2.K/c12-11(13,14)10-4-2-9(3-5-10)8-16-7-1-6-15-16;/h1-7H,8H2;/q-1;+1. The number of rotatable bonds is 3. The largest absolute Gasteiger partial charge is 1.00 e. The van der Waals surface area contributed by atoms with Gasteiger partial charge in [0.25, 0.3) is 0 Å². The molecule has 1 heterocycles. The average molecular weight is 264 g/mol. The van der Waals surface area contributed by atoms with Gasteiger partial charge in [-0.1, -0.05) is 24.3 Å². The van der Waals surface area contributed by atoms with Gasteiger partial charge in [0, 0.05) is 12.4 Å². The zero-order valence-corrected chi connectivity index (χ0v) is 12.5. The van der Waals surface area contributed by atoms with Crippen molar-refractivity contribution in [1.82, 2.24) is 9.78 Å². The van der Waals surface area contributed by atoms with Gasteiger partial charge < -0.3 is 12.9 Å². The van der Waals surface area contributed by atoms with E-state index in [1.165, 1.54) is 12.1 Å². The first kappa shape index (κ1) is 15.0. The molecule has 84 valence electrons. The summed E-state index contributed by atoms with van der Waals surface area (Å²) in [6.45, 7) is -4.41. The SMILES string of the molecule is F[B-](F)(F)c1ccc(Cn2cccn2)cc1.[K+]. The maximum Gasteiger partial charge on any atom is 1.00 e. The molecule has 1 aromatic carbocycles. The summed E-state index contributed by atoms with van der Waals surface area (Å²) in [5.41, 5.74) is 0.233. The number of aromatic nitrogens is 2. The zero-order chi connectivity index (χ0) is 11.6. The Balaban J connectivity index is 0.00000144. The third-order valence-electron chi connectivity index (χ3n) is 2.26. The second kappa shape index (κ2) is 6.19. The molecule has 0 N–H and O–H groups in total. The summed E-state index contributed by atoms with van der Waals surface area (Å²) in [7, 11) is 0. The molecule has 2 rings (SSSR count). The first-order valence-electron chi connectivity index (χ1n) is 4.82. The summed E-state index contributed by atoms with van der Waals surface area (Å²) in [5.74, 6) is 0. The second-order valence-corrected chi connectivity index (χ2v) is 3.52. The topological polar surface area (TPSA) is 17.8 Å². The number of nitrogens with zero attached hydrogens (tertiary/aromatic N) is 2. The van der Waals surface area contributed by atoms with Gasteiger partial charge in [-0.25, -0.2) is 0 Å². The Morgan fingerprint density at radius 1 is 1.12 bits per heavy atom. The van der Waals surface area contributed by atoms with Gasteiger partial charge in [0.15, 0.2) is 0 Å². The van der Waals surface area contributed by atoms with Gasteiger partial charge in [0.1, 0.15) is 0 Å². The molecule has 0 aliphatic carbocycles. The van der Waals surface area contributed by atoms with Crippen LogP contribution in [0.1, 0.15) is 5.56 Å². The molecule has 0 unspecified atom stereocenters. The van der Waals surface area contributed by atoms with Crippen LogP contribution in [0.2, 0.25) is 0 Å². The molecule has 0 saturated carbocycles.